The standard InChI is InChI=1S/C20H27N5O3/c1-2-18(27)24-17-10-16(11-22-13-17)15-9-14(6-7-26)20(23-12-15)25(21)19-5-3-4-8-28-19/h7,9-11,13,15,19H,2-6,8,12,21H2,1H3,(H,24,27). The Morgan fingerprint density at radius 2 is 2.29 bits per heavy atom. The zero-order valence-electron chi connectivity index (χ0n) is 16.1. The summed E-state index contributed by atoms with van der Waals surface area (Å²) in [6.45, 7) is 2.97. The molecule has 0 aliphatic carbocycles. The number of dihydropyridines is 1. The van der Waals surface area contributed by atoms with Crippen molar-refractivity contribution in [2.75, 3.05) is 18.5 Å². The smallest absolute Gasteiger partial charge is 0.224 e. The number of amides is 1. The summed E-state index contributed by atoms with van der Waals surface area (Å²) in [5, 5.41) is 4.37. The molecule has 28 heavy (non-hydrogen) atoms. The molecular weight excluding hydrogens is 358 g/mol. The zero-order chi connectivity index (χ0) is 19.9. The molecule has 3 rings (SSSR count). The van der Waals surface area contributed by atoms with Crippen LogP contribution in [0.2, 0.25) is 0 Å². The maximum atomic E-state index is 11.6. The van der Waals surface area contributed by atoms with Crippen LogP contribution < -0.4 is 11.2 Å². The van der Waals surface area contributed by atoms with Gasteiger partial charge >= 0.3 is 0 Å². The number of pyridine rings is 1. The highest BCUT2D eigenvalue weighted by atomic mass is 16.5. The minimum atomic E-state index is -0.214. The number of hydrogen-bond acceptors (Lipinski definition) is 7. The molecule has 1 fully saturated rings. The van der Waals surface area contributed by atoms with Gasteiger partial charge in [0, 0.05) is 31.6 Å². The number of nitrogens with two attached hydrogens (primary N) is 1. The Morgan fingerprint density at radius 3 is 3.00 bits per heavy atom. The Morgan fingerprint density at radius 1 is 1.43 bits per heavy atom. The van der Waals surface area contributed by atoms with Crippen molar-refractivity contribution in [1.29, 1.82) is 0 Å². The van der Waals surface area contributed by atoms with Gasteiger partial charge in [0.2, 0.25) is 5.91 Å². The van der Waals surface area contributed by atoms with Crippen molar-refractivity contribution in [1.82, 2.24) is 9.99 Å². The van der Waals surface area contributed by atoms with Gasteiger partial charge in [0.05, 0.1) is 18.4 Å². The van der Waals surface area contributed by atoms with E-state index in [1.54, 1.807) is 24.3 Å². The van der Waals surface area contributed by atoms with Gasteiger partial charge in [-0.3, -0.25) is 19.8 Å². The average Bonchev–Trinajstić information content (AvgIpc) is 2.74. The second-order valence-corrected chi connectivity index (χ2v) is 6.97. The van der Waals surface area contributed by atoms with E-state index in [9.17, 15) is 9.59 Å². The van der Waals surface area contributed by atoms with Crippen molar-refractivity contribution < 1.29 is 14.3 Å². The average molecular weight is 385 g/mol. The van der Waals surface area contributed by atoms with Crippen molar-refractivity contribution in [2.24, 2.45) is 10.8 Å². The molecule has 0 aromatic carbocycles. The number of aromatic nitrogens is 1. The lowest BCUT2D eigenvalue weighted by atomic mass is 9.93. The number of aldehydes is 1. The molecule has 0 bridgehead atoms. The van der Waals surface area contributed by atoms with Crippen LogP contribution in [0.25, 0.3) is 0 Å². The number of hydrazine groups is 1. The molecule has 3 N–H and O–H groups in total. The molecule has 0 radical (unpaired) electrons. The Hall–Kier alpha value is -2.58. The van der Waals surface area contributed by atoms with Crippen LogP contribution in [0.3, 0.4) is 0 Å². The van der Waals surface area contributed by atoms with E-state index in [4.69, 9.17) is 10.6 Å². The fraction of sp³-hybridized carbons (Fsp3) is 0.500. The molecule has 0 saturated carbocycles. The molecule has 2 aliphatic heterocycles. The van der Waals surface area contributed by atoms with E-state index in [1.165, 1.54) is 0 Å². The fourth-order valence-electron chi connectivity index (χ4n) is 3.41. The third-order valence-corrected chi connectivity index (χ3v) is 4.93. The topological polar surface area (TPSA) is 110 Å². The minimum absolute atomic E-state index is 0.0367. The van der Waals surface area contributed by atoms with Crippen molar-refractivity contribution in [3.05, 3.63) is 35.7 Å². The van der Waals surface area contributed by atoms with Crippen LogP contribution in [-0.4, -0.2) is 47.4 Å². The number of nitrogens with zero attached hydrogens (tertiary/aromatic N) is 3. The first-order valence-corrected chi connectivity index (χ1v) is 9.71. The van der Waals surface area contributed by atoms with Crippen LogP contribution in [-0.2, 0) is 14.3 Å². The highest BCUT2D eigenvalue weighted by molar-refractivity contribution is 6.01. The first-order valence-electron chi connectivity index (χ1n) is 9.71. The molecular formula is C20H27N5O3. The molecule has 8 nitrogen and oxygen atoms in total. The lowest BCUT2D eigenvalue weighted by Crippen LogP contribution is -2.49. The third kappa shape index (κ3) is 4.82. The summed E-state index contributed by atoms with van der Waals surface area (Å²) in [7, 11) is 0. The normalized spacial score (nSPS) is 22.1. The Balaban J connectivity index is 1.78. The molecule has 2 unspecified atom stereocenters. The molecule has 1 aromatic rings. The van der Waals surface area contributed by atoms with Gasteiger partial charge in [-0.15, -0.1) is 0 Å². The van der Waals surface area contributed by atoms with E-state index in [1.807, 2.05) is 12.1 Å². The lowest BCUT2D eigenvalue weighted by Gasteiger charge is -2.35. The van der Waals surface area contributed by atoms with Gasteiger partial charge in [0.1, 0.15) is 18.3 Å². The van der Waals surface area contributed by atoms with Crippen LogP contribution in [0.5, 0.6) is 0 Å². The zero-order valence-corrected chi connectivity index (χ0v) is 16.1. The summed E-state index contributed by atoms with van der Waals surface area (Å²) in [6.07, 6.45) is 9.60. The number of anilines is 1. The predicted molar refractivity (Wildman–Crippen MR) is 107 cm³/mol. The number of aliphatic imine (C=N–C) groups is 1. The van der Waals surface area contributed by atoms with Gasteiger partial charge in [0.25, 0.3) is 0 Å². The lowest BCUT2D eigenvalue weighted by molar-refractivity contribution is -0.115. The van der Waals surface area contributed by atoms with E-state index in [2.05, 4.69) is 15.3 Å². The van der Waals surface area contributed by atoms with E-state index < -0.39 is 0 Å². The maximum Gasteiger partial charge on any atom is 0.224 e. The van der Waals surface area contributed by atoms with E-state index in [0.717, 1.165) is 36.7 Å². The minimum Gasteiger partial charge on any atom is -0.357 e. The summed E-state index contributed by atoms with van der Waals surface area (Å²) in [5.74, 6) is 6.79. The summed E-state index contributed by atoms with van der Waals surface area (Å²) >= 11 is 0. The molecule has 0 spiro atoms. The first-order chi connectivity index (χ1) is 13.6. The summed E-state index contributed by atoms with van der Waals surface area (Å²) in [6, 6.07) is 1.89. The van der Waals surface area contributed by atoms with E-state index >= 15 is 0 Å². The van der Waals surface area contributed by atoms with Crippen molar-refractivity contribution >= 4 is 23.7 Å². The maximum absolute atomic E-state index is 11.6. The predicted octanol–water partition coefficient (Wildman–Crippen LogP) is 2.14. The molecule has 2 atom stereocenters. The monoisotopic (exact) mass is 385 g/mol. The fourth-order valence-corrected chi connectivity index (χ4v) is 3.41. The highest BCUT2D eigenvalue weighted by Gasteiger charge is 2.27. The quantitative estimate of drug-likeness (QED) is 0.441. The molecule has 3 heterocycles. The SMILES string of the molecule is CCC(=O)Nc1cncc(C2C=C(CC=O)C(N(N)C3CCCCO3)=NC2)c1. The number of ether oxygens (including phenoxy) is 1. The highest BCUT2D eigenvalue weighted by Crippen LogP contribution is 2.28. The molecule has 1 amide bonds. The molecule has 150 valence electrons. The second kappa shape index (κ2) is 9.57. The van der Waals surface area contributed by atoms with Crippen molar-refractivity contribution in [2.45, 2.75) is 51.2 Å². The third-order valence-electron chi connectivity index (χ3n) is 4.93. The number of carbonyl (C=O) groups is 2. The Bertz CT molecular complexity index is 771. The first kappa shape index (κ1) is 20.2. The van der Waals surface area contributed by atoms with Crippen LogP contribution >= 0.6 is 0 Å². The number of amidine groups is 1. The van der Waals surface area contributed by atoms with Gasteiger partial charge in [-0.1, -0.05) is 13.0 Å². The number of hydrogen-bond donors (Lipinski definition) is 2. The number of rotatable bonds is 6. The molecule has 2 aliphatic rings. The Kier molecular flexibility index (Phi) is 6.89. The second-order valence-electron chi connectivity index (χ2n) is 6.97. The summed E-state index contributed by atoms with van der Waals surface area (Å²) < 4.78 is 5.75. The van der Waals surface area contributed by atoms with E-state index in [0.29, 0.717) is 31.1 Å². The molecule has 1 aromatic heterocycles. The van der Waals surface area contributed by atoms with E-state index in [-0.39, 0.29) is 24.5 Å². The van der Waals surface area contributed by atoms with Gasteiger partial charge in [-0.25, -0.2) is 5.84 Å². The number of carbonyl (C=O) groups excluding carboxylic acids is 2. The molecule has 1 saturated heterocycles. The van der Waals surface area contributed by atoms with Gasteiger partial charge in [-0.05, 0) is 36.5 Å². The van der Waals surface area contributed by atoms with Gasteiger partial charge in [0.15, 0.2) is 0 Å². The van der Waals surface area contributed by atoms with Gasteiger partial charge < -0.3 is 14.8 Å². The summed E-state index contributed by atoms with van der Waals surface area (Å²) in [4.78, 5) is 31.7. The van der Waals surface area contributed by atoms with Crippen LogP contribution in [0.1, 0.15) is 50.5 Å². The van der Waals surface area contributed by atoms with Crippen LogP contribution in [0.15, 0.2) is 35.1 Å². The largest absolute Gasteiger partial charge is 0.357 e. The van der Waals surface area contributed by atoms with Crippen LogP contribution in [0.4, 0.5) is 5.69 Å². The summed E-state index contributed by atoms with van der Waals surface area (Å²) in [5.41, 5.74) is 2.36. The number of nitrogens with one attached hydrogen (secondary N) is 1. The van der Waals surface area contributed by atoms with Crippen molar-refractivity contribution in [3.8, 4) is 0 Å². The molecule has 8 heteroatoms. The Labute approximate surface area is 164 Å². The van der Waals surface area contributed by atoms with Gasteiger partial charge in [-0.2, -0.15) is 0 Å². The van der Waals surface area contributed by atoms with Crippen LogP contribution in [0, 0.1) is 0 Å². The van der Waals surface area contributed by atoms with Crippen molar-refractivity contribution in [3.63, 3.8) is 0 Å².